The van der Waals surface area contributed by atoms with Gasteiger partial charge in [0.15, 0.2) is 0 Å². The van der Waals surface area contributed by atoms with Gasteiger partial charge in [-0.1, -0.05) is 6.92 Å². The van der Waals surface area contributed by atoms with E-state index in [0.29, 0.717) is 18.4 Å². The van der Waals surface area contributed by atoms with Crippen LogP contribution < -0.4 is 9.80 Å². The average molecular weight is 329 g/mol. The van der Waals surface area contributed by atoms with Crippen molar-refractivity contribution in [1.82, 2.24) is 14.9 Å². The Bertz CT molecular complexity index is 653. The molecule has 4 rings (SSSR count). The van der Waals surface area contributed by atoms with E-state index in [2.05, 4.69) is 16.7 Å². The Kier molecular flexibility index (Phi) is 3.85. The van der Waals surface area contributed by atoms with Gasteiger partial charge in [0.25, 0.3) is 0 Å². The molecule has 2 unspecified atom stereocenters. The van der Waals surface area contributed by atoms with Crippen molar-refractivity contribution >= 4 is 17.7 Å². The number of hydrogen-bond donors (Lipinski definition) is 0. The topological polar surface area (TPSA) is 52.6 Å². The van der Waals surface area contributed by atoms with Crippen LogP contribution in [0.5, 0.6) is 0 Å². The zero-order chi connectivity index (χ0) is 16.8. The minimum Gasteiger partial charge on any atom is -0.362 e. The first-order valence-electron chi connectivity index (χ1n) is 9.15. The van der Waals surface area contributed by atoms with Gasteiger partial charge in [-0.25, -0.2) is 4.98 Å². The number of carbonyl (C=O) groups is 1. The average Bonchev–Trinajstić information content (AvgIpc) is 3.08. The summed E-state index contributed by atoms with van der Waals surface area (Å²) in [5.74, 6) is 2.97. The Morgan fingerprint density at radius 1 is 1.17 bits per heavy atom. The normalized spacial score (nSPS) is 25.6. The van der Waals surface area contributed by atoms with Gasteiger partial charge in [-0.15, -0.1) is 0 Å². The standard InChI is InChI=1S/C18H27N5O/c1-12-10-13(12)17(24)23-9-6-15-14(11-23)16(21(2)3)20-18(19-15)22-7-4-5-8-22/h12-13H,4-11H2,1-3H3. The van der Waals surface area contributed by atoms with Crippen molar-refractivity contribution in [3.05, 3.63) is 11.3 Å². The molecule has 0 N–H and O–H groups in total. The molecule has 1 aliphatic carbocycles. The van der Waals surface area contributed by atoms with Crippen molar-refractivity contribution < 1.29 is 4.79 Å². The number of hydrogen-bond acceptors (Lipinski definition) is 5. The molecule has 2 atom stereocenters. The molecule has 3 aliphatic rings. The molecule has 1 saturated heterocycles. The van der Waals surface area contributed by atoms with Gasteiger partial charge in [0.05, 0.1) is 12.2 Å². The first kappa shape index (κ1) is 15.7. The van der Waals surface area contributed by atoms with Crippen LogP contribution in [0, 0.1) is 11.8 Å². The second-order valence-electron chi connectivity index (χ2n) is 7.69. The lowest BCUT2D eigenvalue weighted by Gasteiger charge is -2.32. The van der Waals surface area contributed by atoms with Gasteiger partial charge in [0.2, 0.25) is 11.9 Å². The summed E-state index contributed by atoms with van der Waals surface area (Å²) < 4.78 is 0. The van der Waals surface area contributed by atoms with Crippen LogP contribution in [0.1, 0.15) is 37.4 Å². The van der Waals surface area contributed by atoms with Gasteiger partial charge in [-0.2, -0.15) is 4.98 Å². The molecule has 2 aliphatic heterocycles. The van der Waals surface area contributed by atoms with Crippen LogP contribution in [-0.2, 0) is 17.8 Å². The van der Waals surface area contributed by atoms with E-state index >= 15 is 0 Å². The highest BCUT2D eigenvalue weighted by molar-refractivity contribution is 5.82. The van der Waals surface area contributed by atoms with E-state index < -0.39 is 0 Å². The van der Waals surface area contributed by atoms with Gasteiger partial charge < -0.3 is 14.7 Å². The number of amides is 1. The Labute approximate surface area is 143 Å². The van der Waals surface area contributed by atoms with Crippen molar-refractivity contribution in [1.29, 1.82) is 0 Å². The summed E-state index contributed by atoms with van der Waals surface area (Å²) in [6.45, 7) is 5.71. The van der Waals surface area contributed by atoms with Crippen LogP contribution in [0.4, 0.5) is 11.8 Å². The smallest absolute Gasteiger partial charge is 0.227 e. The summed E-state index contributed by atoms with van der Waals surface area (Å²) in [5, 5.41) is 0. The van der Waals surface area contributed by atoms with Gasteiger partial charge >= 0.3 is 0 Å². The number of aromatic nitrogens is 2. The molecule has 2 fully saturated rings. The lowest BCUT2D eigenvalue weighted by molar-refractivity contribution is -0.133. The maximum absolute atomic E-state index is 12.6. The molecule has 3 heterocycles. The van der Waals surface area contributed by atoms with Crippen molar-refractivity contribution in [3.8, 4) is 0 Å². The minimum atomic E-state index is 0.249. The molecule has 130 valence electrons. The summed E-state index contributed by atoms with van der Waals surface area (Å²) in [7, 11) is 4.06. The second-order valence-corrected chi connectivity index (χ2v) is 7.69. The van der Waals surface area contributed by atoms with Gasteiger partial charge in [0.1, 0.15) is 5.82 Å². The van der Waals surface area contributed by atoms with Crippen molar-refractivity contribution in [2.75, 3.05) is 43.5 Å². The molecule has 1 amide bonds. The summed E-state index contributed by atoms with van der Waals surface area (Å²) in [6, 6.07) is 0. The zero-order valence-corrected chi connectivity index (χ0v) is 15.0. The second kappa shape index (κ2) is 5.90. The maximum atomic E-state index is 12.6. The molecule has 1 aromatic heterocycles. The minimum absolute atomic E-state index is 0.249. The molecular formula is C18H27N5O. The molecular weight excluding hydrogens is 302 g/mol. The van der Waals surface area contributed by atoms with E-state index in [0.717, 1.165) is 55.5 Å². The molecule has 0 bridgehead atoms. The first-order chi connectivity index (χ1) is 11.5. The summed E-state index contributed by atoms with van der Waals surface area (Å²) in [6.07, 6.45) is 4.33. The van der Waals surface area contributed by atoms with E-state index in [1.165, 1.54) is 12.8 Å². The first-order valence-corrected chi connectivity index (χ1v) is 9.15. The molecule has 24 heavy (non-hydrogen) atoms. The molecule has 1 aromatic rings. The van der Waals surface area contributed by atoms with E-state index in [-0.39, 0.29) is 5.92 Å². The van der Waals surface area contributed by atoms with E-state index in [1.54, 1.807) is 0 Å². The Hall–Kier alpha value is -1.85. The summed E-state index contributed by atoms with van der Waals surface area (Å²) in [5.41, 5.74) is 2.26. The SMILES string of the molecule is CC1CC1C(=O)N1CCc2nc(N3CCCC3)nc(N(C)C)c2C1. The van der Waals surface area contributed by atoms with Crippen LogP contribution in [0.2, 0.25) is 0 Å². The van der Waals surface area contributed by atoms with E-state index in [1.807, 2.05) is 19.0 Å². The van der Waals surface area contributed by atoms with Crippen LogP contribution in [0.3, 0.4) is 0 Å². The highest BCUT2D eigenvalue weighted by atomic mass is 16.2. The third-order valence-corrected chi connectivity index (χ3v) is 5.58. The zero-order valence-electron chi connectivity index (χ0n) is 15.0. The summed E-state index contributed by atoms with van der Waals surface area (Å²) >= 11 is 0. The predicted molar refractivity (Wildman–Crippen MR) is 94.2 cm³/mol. The highest BCUT2D eigenvalue weighted by Gasteiger charge is 2.42. The number of nitrogens with zero attached hydrogens (tertiary/aromatic N) is 5. The Morgan fingerprint density at radius 3 is 2.50 bits per heavy atom. The molecule has 6 nitrogen and oxygen atoms in total. The van der Waals surface area contributed by atoms with Crippen molar-refractivity contribution in [2.45, 2.75) is 39.2 Å². The van der Waals surface area contributed by atoms with Gasteiger partial charge in [-0.3, -0.25) is 4.79 Å². The Morgan fingerprint density at radius 2 is 1.88 bits per heavy atom. The monoisotopic (exact) mass is 329 g/mol. The molecule has 0 spiro atoms. The quantitative estimate of drug-likeness (QED) is 0.844. The number of rotatable bonds is 3. The Balaban J connectivity index is 1.63. The maximum Gasteiger partial charge on any atom is 0.227 e. The lowest BCUT2D eigenvalue weighted by atomic mass is 10.0. The van der Waals surface area contributed by atoms with Crippen molar-refractivity contribution in [3.63, 3.8) is 0 Å². The number of carbonyl (C=O) groups excluding carboxylic acids is 1. The molecule has 0 radical (unpaired) electrons. The van der Waals surface area contributed by atoms with Gasteiger partial charge in [-0.05, 0) is 25.2 Å². The largest absolute Gasteiger partial charge is 0.362 e. The van der Waals surface area contributed by atoms with Crippen molar-refractivity contribution in [2.24, 2.45) is 11.8 Å². The third kappa shape index (κ3) is 2.72. The van der Waals surface area contributed by atoms with Crippen LogP contribution >= 0.6 is 0 Å². The van der Waals surface area contributed by atoms with Crippen LogP contribution in [0.25, 0.3) is 0 Å². The number of fused-ring (bicyclic) bond motifs is 1. The molecule has 6 heteroatoms. The number of anilines is 2. The van der Waals surface area contributed by atoms with E-state index in [4.69, 9.17) is 9.97 Å². The predicted octanol–water partition coefficient (Wildman–Crippen LogP) is 1.68. The molecule has 0 aromatic carbocycles. The van der Waals surface area contributed by atoms with E-state index in [9.17, 15) is 4.79 Å². The summed E-state index contributed by atoms with van der Waals surface area (Å²) in [4.78, 5) is 28.7. The highest BCUT2D eigenvalue weighted by Crippen LogP contribution is 2.40. The van der Waals surface area contributed by atoms with Crippen LogP contribution in [0.15, 0.2) is 0 Å². The van der Waals surface area contributed by atoms with Crippen LogP contribution in [-0.4, -0.2) is 54.5 Å². The fourth-order valence-corrected chi connectivity index (χ4v) is 3.90. The lowest BCUT2D eigenvalue weighted by Crippen LogP contribution is -2.39. The third-order valence-electron chi connectivity index (χ3n) is 5.58. The molecule has 1 saturated carbocycles. The fraction of sp³-hybridized carbons (Fsp3) is 0.722. The fourth-order valence-electron chi connectivity index (χ4n) is 3.90. The van der Waals surface area contributed by atoms with Gasteiger partial charge in [0, 0.05) is 51.6 Å².